The molecule has 2 rings (SSSR count). The molecule has 2 heterocycles. The molecule has 0 saturated carbocycles. The summed E-state index contributed by atoms with van der Waals surface area (Å²) < 4.78 is 1.83. The number of carbonyl (C=O) groups excluding carboxylic acids is 2. The average Bonchev–Trinajstić information content (AvgIpc) is 2.77. The number of rotatable bonds is 3. The Morgan fingerprint density at radius 3 is 2.93 bits per heavy atom. The van der Waals surface area contributed by atoms with Gasteiger partial charge in [0.05, 0.1) is 6.54 Å². The lowest BCUT2D eigenvalue weighted by molar-refractivity contribution is 0.0956. The minimum absolute atomic E-state index is 0.00597. The summed E-state index contributed by atoms with van der Waals surface area (Å²) in [4.78, 5) is 24.6. The van der Waals surface area contributed by atoms with Gasteiger partial charge in [-0.25, -0.2) is 0 Å². The van der Waals surface area contributed by atoms with E-state index in [1.54, 1.807) is 17.2 Å². The Bertz CT molecular complexity index is 400. The Morgan fingerprint density at radius 1 is 1.60 bits per heavy atom. The summed E-state index contributed by atoms with van der Waals surface area (Å²) in [6, 6.07) is 1.77. The van der Waals surface area contributed by atoms with Crippen molar-refractivity contribution in [1.29, 1.82) is 0 Å². The molecule has 1 aliphatic rings. The summed E-state index contributed by atoms with van der Waals surface area (Å²) in [6.07, 6.45) is 3.60. The van der Waals surface area contributed by atoms with Crippen LogP contribution in [0.25, 0.3) is 0 Å². The number of Topliss-reactive ketones (excluding diaryl/α,β-unsaturated/α-hetero) is 1. The molecule has 0 atom stereocenters. The smallest absolute Gasteiger partial charge is 0.282 e. The lowest BCUT2D eigenvalue weighted by Gasteiger charge is -2.12. The molecule has 1 amide bonds. The fraction of sp³-hybridized carbons (Fsp3) is 0.400. The number of hydrogen-bond donors (Lipinski definition) is 0. The van der Waals surface area contributed by atoms with Crippen molar-refractivity contribution in [3.63, 3.8) is 0 Å². The largest absolute Gasteiger partial charge is 0.357 e. The van der Waals surface area contributed by atoms with Crippen LogP contribution in [0.5, 0.6) is 0 Å². The second kappa shape index (κ2) is 4.10. The highest BCUT2D eigenvalue weighted by molar-refractivity contribution is 8.13. The number of nitrogens with zero attached hydrogens (tertiary/aromatic N) is 2. The number of carbonyl (C=O) groups is 2. The minimum atomic E-state index is 0.00597. The number of amides is 1. The van der Waals surface area contributed by atoms with Gasteiger partial charge < -0.3 is 9.47 Å². The molecular weight excluding hydrogens is 212 g/mol. The first kappa shape index (κ1) is 10.3. The number of ketones is 1. The zero-order valence-electron chi connectivity index (χ0n) is 8.47. The molecule has 1 aromatic heterocycles. The van der Waals surface area contributed by atoms with Gasteiger partial charge in [0, 0.05) is 37.3 Å². The van der Waals surface area contributed by atoms with E-state index in [9.17, 15) is 9.59 Å². The van der Waals surface area contributed by atoms with Gasteiger partial charge in [-0.15, -0.1) is 0 Å². The summed E-state index contributed by atoms with van der Waals surface area (Å²) in [7, 11) is 1.87. The first-order chi connectivity index (χ1) is 7.16. The van der Waals surface area contributed by atoms with Crippen molar-refractivity contribution >= 4 is 22.8 Å². The van der Waals surface area contributed by atoms with E-state index in [4.69, 9.17) is 0 Å². The van der Waals surface area contributed by atoms with Crippen molar-refractivity contribution in [3.8, 4) is 0 Å². The van der Waals surface area contributed by atoms with Gasteiger partial charge in [0.15, 0.2) is 5.78 Å². The van der Waals surface area contributed by atoms with Gasteiger partial charge in [-0.05, 0) is 6.07 Å². The SMILES string of the molecule is Cn1ccc(C(=O)CN2CCSC2=O)c1. The molecule has 80 valence electrons. The van der Waals surface area contributed by atoms with E-state index in [0.29, 0.717) is 12.1 Å². The summed E-state index contributed by atoms with van der Waals surface area (Å²) in [5.41, 5.74) is 0.669. The van der Waals surface area contributed by atoms with Crippen LogP contribution in [-0.2, 0) is 7.05 Å². The topological polar surface area (TPSA) is 42.3 Å². The Labute approximate surface area is 92.2 Å². The van der Waals surface area contributed by atoms with Crippen LogP contribution >= 0.6 is 11.8 Å². The van der Waals surface area contributed by atoms with Crippen molar-refractivity contribution < 1.29 is 9.59 Å². The summed E-state index contributed by atoms with van der Waals surface area (Å²) in [6.45, 7) is 0.887. The van der Waals surface area contributed by atoms with Crippen LogP contribution in [0.2, 0.25) is 0 Å². The van der Waals surface area contributed by atoms with Gasteiger partial charge in [-0.3, -0.25) is 9.59 Å². The van der Waals surface area contributed by atoms with E-state index in [1.165, 1.54) is 11.8 Å². The van der Waals surface area contributed by atoms with Crippen molar-refractivity contribution in [2.75, 3.05) is 18.8 Å². The van der Waals surface area contributed by atoms with Crippen molar-refractivity contribution in [2.45, 2.75) is 0 Å². The number of aryl methyl sites for hydroxylation is 1. The third-order valence-electron chi connectivity index (χ3n) is 2.33. The Morgan fingerprint density at radius 2 is 2.40 bits per heavy atom. The van der Waals surface area contributed by atoms with Crippen LogP contribution in [0.1, 0.15) is 10.4 Å². The Hall–Kier alpha value is -1.23. The highest BCUT2D eigenvalue weighted by Crippen LogP contribution is 2.17. The molecular formula is C10H12N2O2S. The lowest BCUT2D eigenvalue weighted by atomic mass is 10.2. The first-order valence-corrected chi connectivity index (χ1v) is 5.72. The zero-order valence-corrected chi connectivity index (χ0v) is 9.29. The normalized spacial score (nSPS) is 16.1. The molecule has 0 aromatic carbocycles. The third kappa shape index (κ3) is 2.23. The van der Waals surface area contributed by atoms with Crippen molar-refractivity contribution in [3.05, 3.63) is 24.0 Å². The predicted molar refractivity (Wildman–Crippen MR) is 59.2 cm³/mol. The quantitative estimate of drug-likeness (QED) is 0.728. The summed E-state index contributed by atoms with van der Waals surface area (Å²) >= 11 is 1.28. The Balaban J connectivity index is 2.00. The molecule has 1 saturated heterocycles. The number of hydrogen-bond acceptors (Lipinski definition) is 3. The maximum Gasteiger partial charge on any atom is 0.282 e. The maximum absolute atomic E-state index is 11.7. The second-order valence-corrected chi connectivity index (χ2v) is 4.57. The molecule has 4 nitrogen and oxygen atoms in total. The fourth-order valence-electron chi connectivity index (χ4n) is 1.50. The van der Waals surface area contributed by atoms with Gasteiger partial charge >= 0.3 is 0 Å². The maximum atomic E-state index is 11.7. The van der Waals surface area contributed by atoms with Gasteiger partial charge in [-0.1, -0.05) is 11.8 Å². The molecule has 1 aromatic rings. The molecule has 5 heteroatoms. The third-order valence-corrected chi connectivity index (χ3v) is 3.23. The zero-order chi connectivity index (χ0) is 10.8. The molecule has 0 radical (unpaired) electrons. The molecule has 0 bridgehead atoms. The molecule has 0 aliphatic carbocycles. The van der Waals surface area contributed by atoms with Crippen LogP contribution in [0.15, 0.2) is 18.5 Å². The van der Waals surface area contributed by atoms with Crippen LogP contribution < -0.4 is 0 Å². The molecule has 1 fully saturated rings. The van der Waals surface area contributed by atoms with E-state index in [1.807, 2.05) is 17.8 Å². The Kier molecular flexibility index (Phi) is 2.81. The second-order valence-electron chi connectivity index (χ2n) is 3.52. The predicted octanol–water partition coefficient (Wildman–Crippen LogP) is 1.38. The van der Waals surface area contributed by atoms with E-state index in [2.05, 4.69) is 0 Å². The van der Waals surface area contributed by atoms with E-state index in [-0.39, 0.29) is 17.6 Å². The van der Waals surface area contributed by atoms with Crippen LogP contribution in [0.4, 0.5) is 4.79 Å². The highest BCUT2D eigenvalue weighted by Gasteiger charge is 2.23. The van der Waals surface area contributed by atoms with Gasteiger partial charge in [-0.2, -0.15) is 0 Å². The number of aromatic nitrogens is 1. The molecule has 1 aliphatic heterocycles. The molecule has 15 heavy (non-hydrogen) atoms. The van der Waals surface area contributed by atoms with Crippen molar-refractivity contribution in [1.82, 2.24) is 9.47 Å². The van der Waals surface area contributed by atoms with Gasteiger partial charge in [0.2, 0.25) is 0 Å². The standard InChI is InChI=1S/C10H12N2O2S/c1-11-3-2-8(6-11)9(13)7-12-4-5-15-10(12)14/h2-3,6H,4-5,7H2,1H3. The number of thioether (sulfide) groups is 1. The van der Waals surface area contributed by atoms with Crippen molar-refractivity contribution in [2.24, 2.45) is 7.05 Å². The minimum Gasteiger partial charge on any atom is -0.357 e. The van der Waals surface area contributed by atoms with Crippen LogP contribution in [0.3, 0.4) is 0 Å². The first-order valence-electron chi connectivity index (χ1n) is 4.73. The lowest BCUT2D eigenvalue weighted by Crippen LogP contribution is -2.29. The van der Waals surface area contributed by atoms with Gasteiger partial charge in [0.1, 0.15) is 0 Å². The molecule has 0 spiro atoms. The summed E-state index contributed by atoms with van der Waals surface area (Å²) in [5, 5.41) is 0.0132. The van der Waals surface area contributed by atoms with Gasteiger partial charge in [0.25, 0.3) is 5.24 Å². The fourth-order valence-corrected chi connectivity index (χ4v) is 2.33. The van der Waals surface area contributed by atoms with Crippen LogP contribution in [0, 0.1) is 0 Å². The van der Waals surface area contributed by atoms with E-state index >= 15 is 0 Å². The summed E-state index contributed by atoms with van der Waals surface area (Å²) in [5.74, 6) is 0.799. The molecule has 0 unspecified atom stereocenters. The average molecular weight is 224 g/mol. The monoisotopic (exact) mass is 224 g/mol. The highest BCUT2D eigenvalue weighted by atomic mass is 32.2. The van der Waals surface area contributed by atoms with E-state index < -0.39 is 0 Å². The van der Waals surface area contributed by atoms with E-state index in [0.717, 1.165) is 5.75 Å². The van der Waals surface area contributed by atoms with Crippen LogP contribution in [-0.4, -0.2) is 39.3 Å². The molecule has 0 N–H and O–H groups in total.